The Morgan fingerprint density at radius 1 is 0.793 bits per heavy atom. The van der Waals surface area contributed by atoms with Crippen LogP contribution in [0.2, 0.25) is 0 Å². The number of hydrogen-bond donors (Lipinski definition) is 0. The predicted octanol–water partition coefficient (Wildman–Crippen LogP) is 3.29. The van der Waals surface area contributed by atoms with E-state index in [1.165, 1.54) is 48.5 Å². The molecule has 1 aliphatic heterocycles. The molecule has 0 N–H and O–H groups in total. The molecule has 3 aromatic carbocycles. The fraction of sp³-hybridized carbons (Fsp3) is 0. The Balaban J connectivity index is 1.83. The molecule has 10 heteroatoms. The fourth-order valence-electron chi connectivity index (χ4n) is 3.22. The Hall–Kier alpha value is -4.47. The van der Waals surface area contributed by atoms with Crippen molar-refractivity contribution in [1.82, 2.24) is 5.01 Å². The molecule has 0 bridgehead atoms. The molecule has 29 heavy (non-hydrogen) atoms. The number of benzene rings is 3. The highest BCUT2D eigenvalue weighted by atomic mass is 16.6. The third-order valence-electron chi connectivity index (χ3n) is 4.51. The van der Waals surface area contributed by atoms with Crippen LogP contribution in [0.5, 0.6) is 0 Å². The van der Waals surface area contributed by atoms with Crippen molar-refractivity contribution < 1.29 is 19.4 Å². The van der Waals surface area contributed by atoms with Gasteiger partial charge in [-0.15, -0.1) is 0 Å². The van der Waals surface area contributed by atoms with Gasteiger partial charge in [0.2, 0.25) is 0 Å². The summed E-state index contributed by atoms with van der Waals surface area (Å²) in [6, 6.07) is 12.6. The summed E-state index contributed by atoms with van der Waals surface area (Å²) < 4.78 is 0. The van der Waals surface area contributed by atoms with Crippen LogP contribution in [0.3, 0.4) is 0 Å². The summed E-state index contributed by atoms with van der Waals surface area (Å²) in [5, 5.41) is 27.2. The minimum atomic E-state index is -0.775. The lowest BCUT2D eigenvalue weighted by molar-refractivity contribution is -0.385. The fourth-order valence-corrected chi connectivity index (χ4v) is 3.22. The van der Waals surface area contributed by atoms with Crippen molar-refractivity contribution in [3.05, 3.63) is 91.5 Å². The monoisotopic (exact) mass is 390 g/mol. The van der Waals surface area contributed by atoms with Gasteiger partial charge in [-0.25, -0.2) is 0 Å². The quantitative estimate of drug-likeness (QED) is 0.290. The second-order valence-electron chi connectivity index (χ2n) is 6.10. The van der Waals surface area contributed by atoms with Gasteiger partial charge in [0.1, 0.15) is 0 Å². The van der Waals surface area contributed by atoms with Crippen LogP contribution in [0.1, 0.15) is 26.3 Å². The van der Waals surface area contributed by atoms with Crippen molar-refractivity contribution in [3.8, 4) is 0 Å². The van der Waals surface area contributed by atoms with E-state index >= 15 is 0 Å². The molecule has 0 unspecified atom stereocenters. The molecule has 0 radical (unpaired) electrons. The summed E-state index contributed by atoms with van der Waals surface area (Å²) in [4.78, 5) is 46.8. The molecule has 2 amide bonds. The minimum Gasteiger partial charge on any atom is -0.267 e. The van der Waals surface area contributed by atoms with E-state index in [9.17, 15) is 29.8 Å². The Bertz CT molecular complexity index is 1240. The average molecular weight is 390 g/mol. The highest BCUT2D eigenvalue weighted by molar-refractivity contribution is 6.26. The predicted molar refractivity (Wildman–Crippen MR) is 102 cm³/mol. The van der Waals surface area contributed by atoms with E-state index in [0.717, 1.165) is 6.21 Å². The van der Waals surface area contributed by atoms with E-state index in [1.807, 2.05) is 0 Å². The van der Waals surface area contributed by atoms with E-state index in [-0.39, 0.29) is 38.8 Å². The first-order valence-corrected chi connectivity index (χ1v) is 8.26. The molecule has 1 aliphatic rings. The van der Waals surface area contributed by atoms with Crippen molar-refractivity contribution >= 4 is 40.2 Å². The van der Waals surface area contributed by atoms with Crippen molar-refractivity contribution in [1.29, 1.82) is 0 Å². The molecule has 0 saturated heterocycles. The molecule has 0 saturated carbocycles. The van der Waals surface area contributed by atoms with Crippen molar-refractivity contribution in [3.63, 3.8) is 0 Å². The van der Waals surface area contributed by atoms with Crippen LogP contribution < -0.4 is 0 Å². The zero-order valence-electron chi connectivity index (χ0n) is 14.5. The van der Waals surface area contributed by atoms with Crippen molar-refractivity contribution in [2.75, 3.05) is 0 Å². The third kappa shape index (κ3) is 2.79. The zero-order valence-corrected chi connectivity index (χ0v) is 14.5. The first-order valence-electron chi connectivity index (χ1n) is 8.26. The molecule has 0 aliphatic carbocycles. The second-order valence-corrected chi connectivity index (χ2v) is 6.10. The van der Waals surface area contributed by atoms with E-state index in [0.29, 0.717) is 5.01 Å². The highest BCUT2D eigenvalue weighted by Crippen LogP contribution is 2.35. The number of carbonyl (C=O) groups excluding carboxylic acids is 2. The van der Waals surface area contributed by atoms with Gasteiger partial charge in [-0.2, -0.15) is 10.1 Å². The summed E-state index contributed by atoms with van der Waals surface area (Å²) in [7, 11) is 0. The Labute approximate surface area is 162 Å². The van der Waals surface area contributed by atoms with Gasteiger partial charge in [0.15, 0.2) is 0 Å². The van der Waals surface area contributed by atoms with Crippen LogP contribution in [-0.2, 0) is 0 Å². The van der Waals surface area contributed by atoms with Gasteiger partial charge in [-0.3, -0.25) is 29.8 Å². The lowest BCUT2D eigenvalue weighted by atomic mass is 9.94. The number of imide groups is 1. The number of non-ortho nitro benzene ring substituents is 1. The summed E-state index contributed by atoms with van der Waals surface area (Å²) in [6.07, 6.45) is 1.06. The van der Waals surface area contributed by atoms with Gasteiger partial charge in [-0.05, 0) is 24.3 Å². The number of nitro groups is 2. The average Bonchev–Trinajstić information content (AvgIpc) is 2.71. The summed E-state index contributed by atoms with van der Waals surface area (Å²) in [5.41, 5.74) is -0.166. The molecule has 142 valence electrons. The van der Waals surface area contributed by atoms with Gasteiger partial charge >= 0.3 is 0 Å². The van der Waals surface area contributed by atoms with Gasteiger partial charge < -0.3 is 0 Å². The molecule has 0 fully saturated rings. The topological polar surface area (TPSA) is 136 Å². The van der Waals surface area contributed by atoms with Gasteiger partial charge in [0.05, 0.1) is 38.1 Å². The number of hydrazone groups is 1. The number of nitrogens with zero attached hydrogens (tertiary/aromatic N) is 4. The molecule has 0 spiro atoms. The number of rotatable bonds is 4. The molecule has 0 atom stereocenters. The van der Waals surface area contributed by atoms with Crippen molar-refractivity contribution in [2.24, 2.45) is 5.10 Å². The van der Waals surface area contributed by atoms with Crippen molar-refractivity contribution in [2.45, 2.75) is 0 Å². The van der Waals surface area contributed by atoms with E-state index in [2.05, 4.69) is 5.10 Å². The maximum absolute atomic E-state index is 12.8. The number of carbonyl (C=O) groups is 2. The Kier molecular flexibility index (Phi) is 4.08. The van der Waals surface area contributed by atoms with Crippen LogP contribution in [0, 0.1) is 20.2 Å². The molecule has 1 heterocycles. The molecule has 3 aromatic rings. The molecular formula is C19H10N4O6. The second kappa shape index (κ2) is 6.60. The SMILES string of the molecule is O=C1c2cccc3c([N+](=O)[O-])ccc(c23)C(=O)N1N=Cc1ccccc1[N+](=O)[O-]. The minimum absolute atomic E-state index is 0.0838. The third-order valence-corrected chi connectivity index (χ3v) is 4.51. The first kappa shape index (κ1) is 17.9. The maximum Gasteiger partial charge on any atom is 0.282 e. The molecular weight excluding hydrogens is 380 g/mol. The smallest absolute Gasteiger partial charge is 0.267 e. The van der Waals surface area contributed by atoms with E-state index in [1.54, 1.807) is 6.07 Å². The van der Waals surface area contributed by atoms with E-state index in [4.69, 9.17) is 0 Å². The number of nitro benzene ring substituents is 2. The summed E-state index contributed by atoms with van der Waals surface area (Å²) >= 11 is 0. The maximum atomic E-state index is 12.8. The van der Waals surface area contributed by atoms with Crippen LogP contribution in [0.25, 0.3) is 10.8 Å². The number of para-hydroxylation sites is 1. The number of hydrogen-bond acceptors (Lipinski definition) is 7. The standard InChI is InChI=1S/C19H10N4O6/c24-18-13-6-3-5-12-16(23(28)29)9-8-14(17(12)13)19(25)21(18)20-10-11-4-1-2-7-15(11)22(26)27/h1-10H. The lowest BCUT2D eigenvalue weighted by Gasteiger charge is -2.22. The Morgan fingerprint density at radius 2 is 1.45 bits per heavy atom. The Morgan fingerprint density at radius 3 is 2.14 bits per heavy atom. The van der Waals surface area contributed by atoms with Gasteiger partial charge in [0.25, 0.3) is 23.2 Å². The summed E-state index contributed by atoms with van der Waals surface area (Å²) in [6.45, 7) is 0. The van der Waals surface area contributed by atoms with Crippen LogP contribution in [0.15, 0.2) is 59.7 Å². The molecule has 0 aromatic heterocycles. The summed E-state index contributed by atoms with van der Waals surface area (Å²) in [5.74, 6) is -1.55. The highest BCUT2D eigenvalue weighted by Gasteiger charge is 2.34. The van der Waals surface area contributed by atoms with Crippen LogP contribution in [0.4, 0.5) is 11.4 Å². The molecule has 4 rings (SSSR count). The van der Waals surface area contributed by atoms with Crippen LogP contribution >= 0.6 is 0 Å². The largest absolute Gasteiger partial charge is 0.282 e. The lowest BCUT2D eigenvalue weighted by Crippen LogP contribution is -2.36. The van der Waals surface area contributed by atoms with Crippen LogP contribution in [-0.4, -0.2) is 32.9 Å². The first-order chi connectivity index (χ1) is 13.9. The molecule has 10 nitrogen and oxygen atoms in total. The zero-order chi connectivity index (χ0) is 20.7. The van der Waals surface area contributed by atoms with E-state index < -0.39 is 21.7 Å². The normalized spacial score (nSPS) is 13.3. The number of amides is 2. The van der Waals surface area contributed by atoms with Gasteiger partial charge in [0, 0.05) is 17.5 Å². The van der Waals surface area contributed by atoms with Gasteiger partial charge in [-0.1, -0.05) is 18.2 Å².